The number of aliphatic carboxylic acids is 1. The molecular formula is C20H19N2O4-. The number of carbonyl (C=O) groups is 3. The molecule has 6 nitrogen and oxygen atoms in total. The molecule has 0 saturated carbocycles. The summed E-state index contributed by atoms with van der Waals surface area (Å²) in [6, 6.07) is 13.1. The van der Waals surface area contributed by atoms with Crippen LogP contribution in [0, 0.1) is 5.92 Å². The lowest BCUT2D eigenvalue weighted by Crippen LogP contribution is -2.51. The summed E-state index contributed by atoms with van der Waals surface area (Å²) < 4.78 is 0. The number of anilines is 1. The van der Waals surface area contributed by atoms with Gasteiger partial charge in [-0.15, -0.1) is 0 Å². The molecule has 6 heteroatoms. The van der Waals surface area contributed by atoms with Crippen molar-refractivity contribution in [2.24, 2.45) is 5.92 Å². The lowest BCUT2D eigenvalue weighted by Gasteiger charge is -2.23. The Kier molecular flexibility index (Phi) is 4.75. The van der Waals surface area contributed by atoms with E-state index in [0.717, 1.165) is 11.3 Å². The fraction of sp³-hybridized carbons (Fsp3) is 0.250. The van der Waals surface area contributed by atoms with Gasteiger partial charge < -0.3 is 20.1 Å². The molecule has 2 aromatic carbocycles. The number of carboxylic acids is 1. The molecule has 1 N–H and O–H groups in total. The van der Waals surface area contributed by atoms with Crippen molar-refractivity contribution in [1.29, 1.82) is 0 Å². The summed E-state index contributed by atoms with van der Waals surface area (Å²) in [5, 5.41) is 13.7. The summed E-state index contributed by atoms with van der Waals surface area (Å²) in [6.07, 6.45) is 0. The number of rotatable bonds is 5. The summed E-state index contributed by atoms with van der Waals surface area (Å²) in [5.74, 6) is -2.55. The third-order valence-corrected chi connectivity index (χ3v) is 4.46. The maximum atomic E-state index is 12.9. The van der Waals surface area contributed by atoms with Crippen LogP contribution in [0.15, 0.2) is 48.5 Å². The number of carbonyl (C=O) groups excluding carboxylic acids is 3. The molecule has 2 amide bonds. The van der Waals surface area contributed by atoms with E-state index in [9.17, 15) is 19.5 Å². The van der Waals surface area contributed by atoms with E-state index in [2.05, 4.69) is 5.32 Å². The number of benzene rings is 2. The molecule has 134 valence electrons. The van der Waals surface area contributed by atoms with Crippen molar-refractivity contribution >= 4 is 23.5 Å². The summed E-state index contributed by atoms with van der Waals surface area (Å²) in [4.78, 5) is 38.4. The van der Waals surface area contributed by atoms with Crippen LogP contribution in [0.25, 0.3) is 0 Å². The highest BCUT2D eigenvalue weighted by atomic mass is 16.4. The van der Waals surface area contributed by atoms with E-state index in [4.69, 9.17) is 0 Å². The van der Waals surface area contributed by atoms with Crippen LogP contribution in [0.2, 0.25) is 0 Å². The average Bonchev–Trinajstić information content (AvgIpc) is 2.96. The van der Waals surface area contributed by atoms with E-state index in [0.29, 0.717) is 12.1 Å². The fourth-order valence-corrected chi connectivity index (χ4v) is 3.08. The minimum Gasteiger partial charge on any atom is -0.548 e. The van der Waals surface area contributed by atoms with Gasteiger partial charge in [0.1, 0.15) is 0 Å². The molecule has 1 aliphatic heterocycles. The van der Waals surface area contributed by atoms with Crippen LogP contribution in [0.3, 0.4) is 0 Å². The second kappa shape index (κ2) is 7.00. The van der Waals surface area contributed by atoms with Crippen LogP contribution in [0.4, 0.5) is 5.69 Å². The first-order valence-corrected chi connectivity index (χ1v) is 8.40. The number of hydrogen-bond donors (Lipinski definition) is 1. The van der Waals surface area contributed by atoms with Gasteiger partial charge in [0.05, 0.1) is 29.7 Å². The van der Waals surface area contributed by atoms with Crippen LogP contribution in [0.1, 0.15) is 40.1 Å². The Labute approximate surface area is 151 Å². The van der Waals surface area contributed by atoms with Crippen molar-refractivity contribution in [2.45, 2.75) is 26.4 Å². The van der Waals surface area contributed by atoms with Crippen LogP contribution in [0.5, 0.6) is 0 Å². The van der Waals surface area contributed by atoms with Crippen molar-refractivity contribution in [3.63, 3.8) is 0 Å². The molecule has 0 fully saturated rings. The highest BCUT2D eigenvalue weighted by molar-refractivity contribution is 6.16. The predicted octanol–water partition coefficient (Wildman–Crippen LogP) is 1.35. The van der Waals surface area contributed by atoms with Gasteiger partial charge in [0.15, 0.2) is 0 Å². The Hall–Kier alpha value is -3.15. The molecular weight excluding hydrogens is 332 g/mol. The van der Waals surface area contributed by atoms with Crippen LogP contribution >= 0.6 is 0 Å². The molecule has 0 aromatic heterocycles. The van der Waals surface area contributed by atoms with E-state index < -0.39 is 17.9 Å². The normalized spacial score (nSPS) is 14.3. The molecule has 0 unspecified atom stereocenters. The molecule has 26 heavy (non-hydrogen) atoms. The van der Waals surface area contributed by atoms with Gasteiger partial charge in [-0.3, -0.25) is 9.59 Å². The number of fused-ring (bicyclic) bond motifs is 1. The Morgan fingerprint density at radius 1 is 1.08 bits per heavy atom. The van der Waals surface area contributed by atoms with E-state index in [1.807, 2.05) is 30.3 Å². The Morgan fingerprint density at radius 3 is 2.38 bits per heavy atom. The molecule has 0 saturated heterocycles. The molecule has 1 atom stereocenters. The van der Waals surface area contributed by atoms with Gasteiger partial charge in [0.25, 0.3) is 11.8 Å². The summed E-state index contributed by atoms with van der Waals surface area (Å²) in [7, 11) is 0. The molecule has 0 radical (unpaired) electrons. The van der Waals surface area contributed by atoms with Gasteiger partial charge in [-0.1, -0.05) is 44.2 Å². The van der Waals surface area contributed by atoms with E-state index in [1.54, 1.807) is 30.9 Å². The molecule has 0 spiro atoms. The Morgan fingerprint density at radius 2 is 1.77 bits per heavy atom. The molecule has 1 heterocycles. The van der Waals surface area contributed by atoms with Crippen molar-refractivity contribution in [1.82, 2.24) is 5.32 Å². The Bertz CT molecular complexity index is 861. The van der Waals surface area contributed by atoms with Crippen molar-refractivity contribution in [3.05, 3.63) is 65.2 Å². The van der Waals surface area contributed by atoms with Crippen molar-refractivity contribution in [2.75, 3.05) is 4.90 Å². The van der Waals surface area contributed by atoms with E-state index in [-0.39, 0.29) is 17.4 Å². The molecule has 1 aliphatic rings. The first-order valence-electron chi connectivity index (χ1n) is 8.40. The number of nitrogens with zero attached hydrogens (tertiary/aromatic N) is 1. The molecule has 0 bridgehead atoms. The van der Waals surface area contributed by atoms with Gasteiger partial charge in [-0.2, -0.15) is 0 Å². The summed E-state index contributed by atoms with van der Waals surface area (Å²) >= 11 is 0. The highest BCUT2D eigenvalue weighted by Gasteiger charge is 2.33. The van der Waals surface area contributed by atoms with Crippen LogP contribution in [-0.2, 0) is 11.3 Å². The zero-order valence-corrected chi connectivity index (χ0v) is 14.6. The second-order valence-corrected chi connectivity index (χ2v) is 6.58. The first-order chi connectivity index (χ1) is 12.4. The first kappa shape index (κ1) is 17.7. The lowest BCUT2D eigenvalue weighted by molar-refractivity contribution is -0.309. The van der Waals surface area contributed by atoms with Crippen LogP contribution < -0.4 is 15.3 Å². The average molecular weight is 351 g/mol. The number of carboxylic acid groups (broad SMARTS) is 1. The lowest BCUT2D eigenvalue weighted by atomic mass is 10.0. The fourth-order valence-electron chi connectivity index (χ4n) is 3.08. The third kappa shape index (κ3) is 3.18. The maximum Gasteiger partial charge on any atom is 0.259 e. The van der Waals surface area contributed by atoms with Gasteiger partial charge in [-0.25, -0.2) is 0 Å². The zero-order valence-electron chi connectivity index (χ0n) is 14.6. The predicted molar refractivity (Wildman–Crippen MR) is 94.5 cm³/mol. The minimum absolute atomic E-state index is 0.179. The van der Waals surface area contributed by atoms with Crippen LogP contribution in [-0.4, -0.2) is 23.8 Å². The summed E-state index contributed by atoms with van der Waals surface area (Å²) in [6.45, 7) is 3.73. The molecule has 0 aliphatic carbocycles. The topological polar surface area (TPSA) is 89.5 Å². The van der Waals surface area contributed by atoms with Gasteiger partial charge in [-0.05, 0) is 29.7 Å². The smallest absolute Gasteiger partial charge is 0.259 e. The third-order valence-electron chi connectivity index (χ3n) is 4.46. The monoisotopic (exact) mass is 351 g/mol. The Balaban J connectivity index is 1.92. The number of para-hydroxylation sites is 1. The SMILES string of the molecule is CC(C)[C@H](NC(=O)c1cccc2c1C(=O)N(c1ccccc1)C2)C(=O)[O-]. The standard InChI is InChI=1S/C20H20N2O4/c1-12(2)17(20(25)26)21-18(23)15-10-6-7-13-11-22(19(24)16(13)15)14-8-4-3-5-9-14/h3-10,12,17H,11H2,1-2H3,(H,21,23)(H,25,26)/p-1/t17-/m0/s1. The number of hydrogen-bond acceptors (Lipinski definition) is 4. The highest BCUT2D eigenvalue weighted by Crippen LogP contribution is 2.30. The van der Waals surface area contributed by atoms with E-state index in [1.165, 1.54) is 6.07 Å². The van der Waals surface area contributed by atoms with Gasteiger partial charge in [0, 0.05) is 5.69 Å². The van der Waals surface area contributed by atoms with Gasteiger partial charge >= 0.3 is 0 Å². The molecule has 2 aromatic rings. The second-order valence-electron chi connectivity index (χ2n) is 6.58. The largest absolute Gasteiger partial charge is 0.548 e. The zero-order chi connectivity index (χ0) is 18.8. The number of amides is 2. The van der Waals surface area contributed by atoms with Crippen molar-refractivity contribution < 1.29 is 19.5 Å². The maximum absolute atomic E-state index is 12.9. The quantitative estimate of drug-likeness (QED) is 0.880. The van der Waals surface area contributed by atoms with Gasteiger partial charge in [0.2, 0.25) is 0 Å². The minimum atomic E-state index is -1.35. The summed E-state index contributed by atoms with van der Waals surface area (Å²) in [5.41, 5.74) is 1.98. The molecule has 3 rings (SSSR count). The number of nitrogens with one attached hydrogen (secondary N) is 1. The van der Waals surface area contributed by atoms with E-state index >= 15 is 0 Å². The van der Waals surface area contributed by atoms with Crippen molar-refractivity contribution in [3.8, 4) is 0 Å².